The molecule has 30 heavy (non-hydrogen) atoms. The van der Waals surface area contributed by atoms with Gasteiger partial charge in [0.05, 0.1) is 19.3 Å². The van der Waals surface area contributed by atoms with Gasteiger partial charge in [-0.05, 0) is 49.4 Å². The molecule has 0 spiro atoms. The van der Waals surface area contributed by atoms with E-state index in [1.807, 2.05) is 6.07 Å². The SMILES string of the molecule is [2H]c1ccc2cnc(Nc3cccc(CS(C)(=O)=O)c3)nc2c1O[C@H]1CC[C@@H](O)CC1. The second-order valence-electron chi connectivity index (χ2n) is 7.75. The van der Waals surface area contributed by atoms with Gasteiger partial charge >= 0.3 is 0 Å². The van der Waals surface area contributed by atoms with Crippen LogP contribution in [-0.4, -0.2) is 42.0 Å². The molecule has 3 aromatic rings. The largest absolute Gasteiger partial charge is 0.488 e. The topological polar surface area (TPSA) is 101 Å². The van der Waals surface area contributed by atoms with Crippen molar-refractivity contribution in [3.63, 3.8) is 0 Å². The number of nitrogens with one attached hydrogen (secondary N) is 1. The van der Waals surface area contributed by atoms with Crippen molar-refractivity contribution in [3.8, 4) is 5.75 Å². The Balaban J connectivity index is 1.61. The number of aromatic nitrogens is 2. The molecule has 7 nitrogen and oxygen atoms in total. The molecule has 0 aliphatic heterocycles. The Kier molecular flexibility index (Phi) is 5.50. The summed E-state index contributed by atoms with van der Waals surface area (Å²) in [6, 6.07) is 10.8. The lowest BCUT2D eigenvalue weighted by Crippen LogP contribution is -2.26. The van der Waals surface area contributed by atoms with Crippen LogP contribution in [0.5, 0.6) is 5.75 Å². The smallest absolute Gasteiger partial charge is 0.227 e. The molecule has 0 bridgehead atoms. The van der Waals surface area contributed by atoms with E-state index in [9.17, 15) is 13.5 Å². The first-order valence-electron chi connectivity index (χ1n) is 10.4. The summed E-state index contributed by atoms with van der Waals surface area (Å²) in [5.41, 5.74) is 1.89. The minimum Gasteiger partial charge on any atom is -0.488 e. The number of aliphatic hydroxyl groups excluding tert-OH is 1. The second-order valence-corrected chi connectivity index (χ2v) is 9.89. The lowest BCUT2D eigenvalue weighted by molar-refractivity contribution is 0.0672. The lowest BCUT2D eigenvalue weighted by atomic mass is 9.95. The average Bonchev–Trinajstić information content (AvgIpc) is 2.71. The van der Waals surface area contributed by atoms with Crippen LogP contribution in [0.4, 0.5) is 11.6 Å². The molecule has 8 heteroatoms. The van der Waals surface area contributed by atoms with E-state index in [4.69, 9.17) is 6.11 Å². The minimum absolute atomic E-state index is 0.0443. The molecule has 2 aromatic carbocycles. The molecule has 0 radical (unpaired) electrons. The summed E-state index contributed by atoms with van der Waals surface area (Å²) in [6.45, 7) is 0. The Hall–Kier alpha value is -2.71. The summed E-state index contributed by atoms with van der Waals surface area (Å²) in [7, 11) is -3.14. The van der Waals surface area contributed by atoms with Gasteiger partial charge in [-0.1, -0.05) is 24.3 Å². The number of para-hydroxylation sites is 1. The number of anilines is 2. The molecule has 1 fully saturated rings. The Labute approximate surface area is 177 Å². The number of benzene rings is 2. The van der Waals surface area contributed by atoms with Crippen LogP contribution in [0.1, 0.15) is 32.6 Å². The molecule has 0 amide bonds. The fourth-order valence-electron chi connectivity index (χ4n) is 3.62. The summed E-state index contributed by atoms with van der Waals surface area (Å²) in [5, 5.41) is 13.6. The first-order valence-corrected chi connectivity index (χ1v) is 12.0. The molecule has 0 saturated heterocycles. The average molecular weight is 429 g/mol. The molecule has 0 atom stereocenters. The number of rotatable bonds is 6. The van der Waals surface area contributed by atoms with Gasteiger partial charge in [-0.2, -0.15) is 0 Å². The summed E-state index contributed by atoms with van der Waals surface area (Å²) >= 11 is 0. The molecular formula is C22H25N3O4S. The van der Waals surface area contributed by atoms with Crippen molar-refractivity contribution in [1.82, 2.24) is 9.97 Å². The van der Waals surface area contributed by atoms with Crippen molar-refractivity contribution in [1.29, 1.82) is 0 Å². The first-order chi connectivity index (χ1) is 14.8. The van der Waals surface area contributed by atoms with Crippen LogP contribution < -0.4 is 10.1 Å². The van der Waals surface area contributed by atoms with Crippen molar-refractivity contribution in [2.45, 2.75) is 43.6 Å². The number of hydrogen-bond acceptors (Lipinski definition) is 7. The second kappa shape index (κ2) is 8.57. The van der Waals surface area contributed by atoms with Crippen LogP contribution in [0, 0.1) is 0 Å². The summed E-state index contributed by atoms with van der Waals surface area (Å²) in [6.07, 6.45) is 5.38. The predicted octanol–water partition coefficient (Wildman–Crippen LogP) is 3.60. The van der Waals surface area contributed by atoms with Gasteiger partial charge in [-0.25, -0.2) is 18.4 Å². The molecular weight excluding hydrogens is 402 g/mol. The fourth-order valence-corrected chi connectivity index (χ4v) is 4.41. The van der Waals surface area contributed by atoms with E-state index in [-0.39, 0.29) is 24.0 Å². The van der Waals surface area contributed by atoms with Gasteiger partial charge in [0.25, 0.3) is 0 Å². The number of aliphatic hydroxyl groups is 1. The number of ether oxygens (including phenoxy) is 1. The van der Waals surface area contributed by atoms with Gasteiger partial charge in [0.1, 0.15) is 11.3 Å². The van der Waals surface area contributed by atoms with Gasteiger partial charge < -0.3 is 15.2 Å². The van der Waals surface area contributed by atoms with E-state index in [2.05, 4.69) is 15.3 Å². The number of hydrogen-bond donors (Lipinski definition) is 2. The maximum atomic E-state index is 11.6. The van der Waals surface area contributed by atoms with Crippen molar-refractivity contribution in [2.24, 2.45) is 0 Å². The third kappa shape index (κ3) is 5.25. The molecule has 2 N–H and O–H groups in total. The Morgan fingerprint density at radius 3 is 2.80 bits per heavy atom. The molecule has 1 aliphatic carbocycles. The highest BCUT2D eigenvalue weighted by molar-refractivity contribution is 7.89. The van der Waals surface area contributed by atoms with E-state index < -0.39 is 9.84 Å². The molecule has 1 heterocycles. The van der Waals surface area contributed by atoms with E-state index in [1.165, 1.54) is 6.26 Å². The van der Waals surface area contributed by atoms with Gasteiger partial charge in [-0.15, -0.1) is 0 Å². The van der Waals surface area contributed by atoms with Crippen LogP contribution in [0.25, 0.3) is 10.9 Å². The molecule has 1 saturated carbocycles. The zero-order valence-corrected chi connectivity index (χ0v) is 17.5. The Bertz CT molecular complexity index is 1190. The van der Waals surface area contributed by atoms with Crippen LogP contribution in [0.15, 0.2) is 48.6 Å². The van der Waals surface area contributed by atoms with E-state index in [0.717, 1.165) is 18.2 Å². The van der Waals surface area contributed by atoms with Gasteiger partial charge in [-0.3, -0.25) is 0 Å². The highest BCUT2D eigenvalue weighted by Crippen LogP contribution is 2.29. The van der Waals surface area contributed by atoms with E-state index in [0.29, 0.717) is 41.3 Å². The van der Waals surface area contributed by atoms with Crippen LogP contribution in [0.3, 0.4) is 0 Å². The quantitative estimate of drug-likeness (QED) is 0.618. The Morgan fingerprint density at radius 2 is 2.03 bits per heavy atom. The minimum atomic E-state index is -3.14. The molecule has 1 aromatic heterocycles. The number of fused-ring (bicyclic) bond motifs is 1. The number of nitrogens with zero attached hydrogens (tertiary/aromatic N) is 2. The van der Waals surface area contributed by atoms with Gasteiger partial charge in [0.15, 0.2) is 9.84 Å². The summed E-state index contributed by atoms with van der Waals surface area (Å²) in [5.74, 6) is 0.700. The van der Waals surface area contributed by atoms with Crippen molar-refractivity contribution in [3.05, 3.63) is 54.2 Å². The normalized spacial score (nSPS) is 20.0. The molecule has 1 aliphatic rings. The molecule has 0 unspecified atom stereocenters. The standard InChI is InChI=1S/C22H25N3O4S/c1-30(27,28)14-15-4-2-6-17(12-15)24-22-23-13-16-5-3-7-20(21(16)25-22)29-19-10-8-18(26)9-11-19/h2-7,12-13,18-19,26H,8-11,14H2,1H3,(H,23,24,25)/t18-,19+/i7D. The molecule has 4 rings (SSSR count). The fraction of sp³-hybridized carbons (Fsp3) is 0.364. The molecule has 158 valence electrons. The van der Waals surface area contributed by atoms with Crippen molar-refractivity contribution in [2.75, 3.05) is 11.6 Å². The third-order valence-corrected chi connectivity index (χ3v) is 5.91. The zero-order valence-electron chi connectivity index (χ0n) is 17.7. The number of sulfone groups is 1. The lowest BCUT2D eigenvalue weighted by Gasteiger charge is -2.26. The first kappa shape index (κ1) is 19.3. The van der Waals surface area contributed by atoms with Crippen LogP contribution in [0.2, 0.25) is 0 Å². The highest BCUT2D eigenvalue weighted by Gasteiger charge is 2.21. The third-order valence-electron chi connectivity index (χ3n) is 5.05. The van der Waals surface area contributed by atoms with Gasteiger partial charge in [0.2, 0.25) is 5.95 Å². The van der Waals surface area contributed by atoms with Crippen LogP contribution >= 0.6 is 0 Å². The van der Waals surface area contributed by atoms with Crippen molar-refractivity contribution >= 4 is 32.4 Å². The van der Waals surface area contributed by atoms with Crippen molar-refractivity contribution < 1.29 is 19.6 Å². The maximum absolute atomic E-state index is 11.6. The zero-order chi connectivity index (χ0) is 22.0. The predicted molar refractivity (Wildman–Crippen MR) is 117 cm³/mol. The van der Waals surface area contributed by atoms with Gasteiger partial charge in [0, 0.05) is 23.5 Å². The van der Waals surface area contributed by atoms with E-state index >= 15 is 0 Å². The van der Waals surface area contributed by atoms with Crippen LogP contribution in [-0.2, 0) is 15.6 Å². The Morgan fingerprint density at radius 1 is 1.23 bits per heavy atom. The summed E-state index contributed by atoms with van der Waals surface area (Å²) in [4.78, 5) is 8.92. The monoisotopic (exact) mass is 428 g/mol. The van der Waals surface area contributed by atoms with E-state index in [1.54, 1.807) is 36.5 Å². The highest BCUT2D eigenvalue weighted by atomic mass is 32.2. The maximum Gasteiger partial charge on any atom is 0.227 e. The summed E-state index contributed by atoms with van der Waals surface area (Å²) < 4.78 is 37.6.